The average molecular weight is 409 g/mol. The smallest absolute Gasteiger partial charge is 0.244 e. The van der Waals surface area contributed by atoms with Crippen LogP contribution >= 0.6 is 11.6 Å². The van der Waals surface area contributed by atoms with Crippen LogP contribution in [-0.4, -0.2) is 45.9 Å². The molecule has 2 aromatic carbocycles. The van der Waals surface area contributed by atoms with E-state index in [2.05, 4.69) is 5.32 Å². The maximum atomic E-state index is 12.0. The third-order valence-electron chi connectivity index (χ3n) is 3.57. The summed E-state index contributed by atoms with van der Waals surface area (Å²) in [5.74, 6) is 0.291. The van der Waals surface area contributed by atoms with Gasteiger partial charge in [0.1, 0.15) is 12.4 Å². The molecule has 0 heterocycles. The van der Waals surface area contributed by atoms with Crippen LogP contribution in [0, 0.1) is 0 Å². The largest absolute Gasteiger partial charge is 0.492 e. The zero-order valence-electron chi connectivity index (χ0n) is 15.1. The molecule has 1 N–H and O–H groups in total. The molecule has 8 heteroatoms. The Morgan fingerprint density at radius 2 is 1.74 bits per heavy atom. The summed E-state index contributed by atoms with van der Waals surface area (Å²) >= 11 is 5.80. The van der Waals surface area contributed by atoms with Gasteiger partial charge in [0.25, 0.3) is 0 Å². The van der Waals surface area contributed by atoms with E-state index in [4.69, 9.17) is 16.3 Å². The van der Waals surface area contributed by atoms with Crippen molar-refractivity contribution in [3.63, 3.8) is 0 Å². The van der Waals surface area contributed by atoms with Crippen LogP contribution in [0.3, 0.4) is 0 Å². The Morgan fingerprint density at radius 3 is 2.33 bits per heavy atom. The quantitative estimate of drug-likeness (QED) is 0.538. The standard InChI is InChI=1S/C19H21ClN2O4S/c1-22(2)27(24,25)18-10-8-17(9-11-18)26-14-13-21-19(23)12-5-15-3-6-16(20)7-4-15/h3-12H,13-14H2,1-2H3,(H,21,23)/b12-5+. The molecular weight excluding hydrogens is 388 g/mol. The van der Waals surface area contributed by atoms with Gasteiger partial charge in [-0.05, 0) is 48.0 Å². The van der Waals surface area contributed by atoms with E-state index < -0.39 is 10.0 Å². The van der Waals surface area contributed by atoms with Crippen molar-refractivity contribution in [2.24, 2.45) is 0 Å². The van der Waals surface area contributed by atoms with Crippen LogP contribution in [0.1, 0.15) is 5.56 Å². The van der Waals surface area contributed by atoms with Gasteiger partial charge in [0.15, 0.2) is 0 Å². The highest BCUT2D eigenvalue weighted by atomic mass is 35.5. The average Bonchev–Trinajstić information content (AvgIpc) is 2.65. The third-order valence-corrected chi connectivity index (χ3v) is 5.65. The summed E-state index contributed by atoms with van der Waals surface area (Å²) in [5.41, 5.74) is 0.874. The summed E-state index contributed by atoms with van der Waals surface area (Å²) < 4.78 is 30.6. The fourth-order valence-corrected chi connectivity index (χ4v) is 3.09. The number of sulfonamides is 1. The van der Waals surface area contributed by atoms with E-state index in [0.717, 1.165) is 9.87 Å². The first kappa shape index (κ1) is 21.0. The summed E-state index contributed by atoms with van der Waals surface area (Å²) in [6, 6.07) is 13.3. The number of nitrogens with one attached hydrogen (secondary N) is 1. The fourth-order valence-electron chi connectivity index (χ4n) is 2.07. The van der Waals surface area contributed by atoms with Crippen molar-refractivity contribution in [1.82, 2.24) is 9.62 Å². The maximum absolute atomic E-state index is 12.0. The first-order valence-electron chi connectivity index (χ1n) is 8.16. The van der Waals surface area contributed by atoms with E-state index in [1.165, 1.54) is 32.3 Å². The molecule has 0 spiro atoms. The molecule has 0 unspecified atom stereocenters. The number of halogens is 1. The van der Waals surface area contributed by atoms with Crippen molar-refractivity contribution in [2.45, 2.75) is 4.90 Å². The molecule has 144 valence electrons. The van der Waals surface area contributed by atoms with Gasteiger partial charge in [0.05, 0.1) is 11.4 Å². The summed E-state index contributed by atoms with van der Waals surface area (Å²) in [4.78, 5) is 12.0. The SMILES string of the molecule is CN(C)S(=O)(=O)c1ccc(OCCNC(=O)/C=C/c2ccc(Cl)cc2)cc1. The molecule has 0 bridgehead atoms. The molecule has 0 atom stereocenters. The highest BCUT2D eigenvalue weighted by Gasteiger charge is 2.16. The van der Waals surface area contributed by atoms with Gasteiger partial charge in [-0.2, -0.15) is 0 Å². The minimum Gasteiger partial charge on any atom is -0.492 e. The van der Waals surface area contributed by atoms with Crippen LogP contribution in [0.5, 0.6) is 5.75 Å². The number of carbonyl (C=O) groups is 1. The molecule has 27 heavy (non-hydrogen) atoms. The zero-order valence-corrected chi connectivity index (χ0v) is 16.6. The molecule has 0 radical (unpaired) electrons. The zero-order chi connectivity index (χ0) is 19.9. The molecule has 0 fully saturated rings. The van der Waals surface area contributed by atoms with Gasteiger partial charge >= 0.3 is 0 Å². The van der Waals surface area contributed by atoms with Crippen LogP contribution in [0.2, 0.25) is 5.02 Å². The van der Waals surface area contributed by atoms with E-state index in [-0.39, 0.29) is 17.4 Å². The van der Waals surface area contributed by atoms with Crippen molar-refractivity contribution < 1.29 is 17.9 Å². The lowest BCUT2D eigenvalue weighted by molar-refractivity contribution is -0.116. The number of nitrogens with zero attached hydrogens (tertiary/aromatic N) is 1. The number of hydrogen-bond acceptors (Lipinski definition) is 4. The van der Waals surface area contributed by atoms with E-state index in [0.29, 0.717) is 17.3 Å². The van der Waals surface area contributed by atoms with Gasteiger partial charge in [-0.25, -0.2) is 12.7 Å². The van der Waals surface area contributed by atoms with E-state index >= 15 is 0 Å². The molecule has 2 rings (SSSR count). The molecule has 0 saturated heterocycles. The Kier molecular flexibility index (Phi) is 7.41. The number of ether oxygens (including phenoxy) is 1. The Hall–Kier alpha value is -2.35. The summed E-state index contributed by atoms with van der Waals surface area (Å²) in [6.45, 7) is 0.585. The summed E-state index contributed by atoms with van der Waals surface area (Å²) in [5, 5.41) is 3.35. The fraction of sp³-hybridized carbons (Fsp3) is 0.211. The summed E-state index contributed by atoms with van der Waals surface area (Å²) in [7, 11) is -0.504. The maximum Gasteiger partial charge on any atom is 0.244 e. The van der Waals surface area contributed by atoms with Gasteiger partial charge in [0.2, 0.25) is 15.9 Å². The minimum absolute atomic E-state index is 0.195. The molecule has 1 amide bonds. The van der Waals surface area contributed by atoms with Crippen molar-refractivity contribution in [1.29, 1.82) is 0 Å². The number of benzene rings is 2. The highest BCUT2D eigenvalue weighted by Crippen LogP contribution is 2.18. The van der Waals surface area contributed by atoms with Crippen LogP contribution < -0.4 is 10.1 Å². The second-order valence-electron chi connectivity index (χ2n) is 5.78. The lowest BCUT2D eigenvalue weighted by Crippen LogP contribution is -2.26. The second kappa shape index (κ2) is 9.55. The summed E-state index contributed by atoms with van der Waals surface area (Å²) in [6.07, 6.45) is 3.13. The van der Waals surface area contributed by atoms with E-state index in [1.807, 2.05) is 12.1 Å². The third kappa shape index (κ3) is 6.39. The molecule has 0 aromatic heterocycles. The highest BCUT2D eigenvalue weighted by molar-refractivity contribution is 7.89. The van der Waals surface area contributed by atoms with Gasteiger partial charge in [-0.1, -0.05) is 23.7 Å². The number of carbonyl (C=O) groups excluding carboxylic acids is 1. The Morgan fingerprint density at radius 1 is 1.11 bits per heavy atom. The van der Waals surface area contributed by atoms with Crippen LogP contribution in [-0.2, 0) is 14.8 Å². The van der Waals surface area contributed by atoms with Crippen molar-refractivity contribution >= 4 is 33.6 Å². The van der Waals surface area contributed by atoms with Crippen molar-refractivity contribution in [3.8, 4) is 5.75 Å². The lowest BCUT2D eigenvalue weighted by atomic mass is 10.2. The molecule has 2 aromatic rings. The Balaban J connectivity index is 1.76. The van der Waals surface area contributed by atoms with Gasteiger partial charge in [-0.3, -0.25) is 4.79 Å². The Labute approximate surface area is 164 Å². The predicted octanol–water partition coefficient (Wildman–Crippen LogP) is 2.80. The predicted molar refractivity (Wildman–Crippen MR) is 106 cm³/mol. The molecule has 0 aliphatic carbocycles. The van der Waals surface area contributed by atoms with Crippen molar-refractivity contribution in [2.75, 3.05) is 27.2 Å². The lowest BCUT2D eigenvalue weighted by Gasteiger charge is -2.12. The van der Waals surface area contributed by atoms with E-state index in [1.54, 1.807) is 30.3 Å². The van der Waals surface area contributed by atoms with Gasteiger partial charge in [-0.15, -0.1) is 0 Å². The van der Waals surface area contributed by atoms with Crippen LogP contribution in [0.25, 0.3) is 6.08 Å². The van der Waals surface area contributed by atoms with Gasteiger partial charge in [0, 0.05) is 25.2 Å². The first-order valence-corrected chi connectivity index (χ1v) is 9.98. The number of hydrogen-bond donors (Lipinski definition) is 1. The van der Waals surface area contributed by atoms with E-state index in [9.17, 15) is 13.2 Å². The number of amides is 1. The molecule has 0 aliphatic heterocycles. The molecular formula is C19H21ClN2O4S. The monoisotopic (exact) mass is 408 g/mol. The van der Waals surface area contributed by atoms with Crippen molar-refractivity contribution in [3.05, 3.63) is 65.2 Å². The van der Waals surface area contributed by atoms with Gasteiger partial charge < -0.3 is 10.1 Å². The minimum atomic E-state index is -3.46. The number of rotatable bonds is 8. The van der Waals surface area contributed by atoms with Crippen LogP contribution in [0.15, 0.2) is 59.5 Å². The normalized spacial score (nSPS) is 11.7. The molecule has 0 aliphatic rings. The molecule has 6 nitrogen and oxygen atoms in total. The first-order chi connectivity index (χ1) is 12.8. The van der Waals surface area contributed by atoms with Crippen LogP contribution in [0.4, 0.5) is 0 Å². The topological polar surface area (TPSA) is 75.7 Å². The second-order valence-corrected chi connectivity index (χ2v) is 8.37. The molecule has 0 saturated carbocycles. The Bertz CT molecular complexity index is 892.